The lowest BCUT2D eigenvalue weighted by Crippen LogP contribution is -2.10. The molecule has 0 aromatic heterocycles. The van der Waals surface area contributed by atoms with Crippen molar-refractivity contribution in [1.29, 1.82) is 0 Å². The van der Waals surface area contributed by atoms with Gasteiger partial charge in [-0.1, -0.05) is 62.7 Å². The molecule has 2 aromatic rings. The molecule has 0 heterocycles. The highest BCUT2D eigenvalue weighted by molar-refractivity contribution is 6.33. The molecule has 20 heavy (non-hydrogen) atoms. The second-order valence-electron chi connectivity index (χ2n) is 5.90. The summed E-state index contributed by atoms with van der Waals surface area (Å²) >= 11 is 12.5. The van der Waals surface area contributed by atoms with Gasteiger partial charge in [-0.15, -0.1) is 11.6 Å². The van der Waals surface area contributed by atoms with E-state index in [0.717, 1.165) is 11.1 Å². The Kier molecular flexibility index (Phi) is 4.41. The molecule has 0 aliphatic carbocycles. The van der Waals surface area contributed by atoms with E-state index in [2.05, 4.69) is 32.9 Å². The van der Waals surface area contributed by atoms with Crippen LogP contribution in [0.25, 0.3) is 0 Å². The first-order chi connectivity index (χ1) is 9.29. The summed E-state index contributed by atoms with van der Waals surface area (Å²) in [6, 6.07) is 12.4. The minimum Gasteiger partial charge on any atom is -0.207 e. The number of hydrogen-bond acceptors (Lipinski definition) is 0. The van der Waals surface area contributed by atoms with Gasteiger partial charge in [0, 0.05) is 5.02 Å². The quantitative estimate of drug-likeness (QED) is 0.587. The summed E-state index contributed by atoms with van der Waals surface area (Å²) in [5.41, 5.74) is 3.02. The Bertz CT molecular complexity index is 597. The second-order valence-corrected chi connectivity index (χ2v) is 6.74. The highest BCUT2D eigenvalue weighted by atomic mass is 35.5. The third-order valence-corrected chi connectivity index (χ3v) is 4.12. The molecule has 0 saturated carbocycles. The fourth-order valence-corrected chi connectivity index (χ4v) is 2.71. The molecule has 0 aliphatic heterocycles. The van der Waals surface area contributed by atoms with Gasteiger partial charge in [-0.25, -0.2) is 4.39 Å². The van der Waals surface area contributed by atoms with Crippen LogP contribution in [0.5, 0.6) is 0 Å². The Morgan fingerprint density at radius 1 is 1.00 bits per heavy atom. The number of halogens is 3. The minimum absolute atomic E-state index is 0.105. The van der Waals surface area contributed by atoms with Crippen LogP contribution in [-0.4, -0.2) is 0 Å². The van der Waals surface area contributed by atoms with Gasteiger partial charge in [0.15, 0.2) is 0 Å². The molecule has 0 amide bonds. The van der Waals surface area contributed by atoms with E-state index in [4.69, 9.17) is 23.2 Å². The molecule has 2 aromatic carbocycles. The molecule has 0 N–H and O–H groups in total. The standard InChI is InChI=1S/C17H17Cl2F/c1-17(2,3)12-6-4-11(5-7-12)16(19)14-9-8-13(20)10-15(14)18/h4-10,16H,1-3H3. The largest absolute Gasteiger partial charge is 0.207 e. The Morgan fingerprint density at radius 2 is 1.60 bits per heavy atom. The van der Waals surface area contributed by atoms with Gasteiger partial charge in [0.05, 0.1) is 5.38 Å². The summed E-state index contributed by atoms with van der Waals surface area (Å²) < 4.78 is 13.1. The smallest absolute Gasteiger partial charge is 0.124 e. The van der Waals surface area contributed by atoms with E-state index in [-0.39, 0.29) is 16.6 Å². The van der Waals surface area contributed by atoms with Gasteiger partial charge in [0.25, 0.3) is 0 Å². The topological polar surface area (TPSA) is 0 Å². The van der Waals surface area contributed by atoms with Crippen LogP contribution < -0.4 is 0 Å². The highest BCUT2D eigenvalue weighted by Crippen LogP contribution is 2.34. The van der Waals surface area contributed by atoms with Gasteiger partial charge in [0.2, 0.25) is 0 Å². The fraction of sp³-hybridized carbons (Fsp3) is 0.294. The summed E-state index contributed by atoms with van der Waals surface area (Å²) in [5, 5.41) is -0.0259. The maximum absolute atomic E-state index is 13.1. The molecule has 0 radical (unpaired) electrons. The maximum atomic E-state index is 13.1. The summed E-state index contributed by atoms with van der Waals surface area (Å²) in [6.45, 7) is 6.49. The van der Waals surface area contributed by atoms with Crippen molar-refractivity contribution in [1.82, 2.24) is 0 Å². The van der Waals surface area contributed by atoms with Crippen LogP contribution in [0.3, 0.4) is 0 Å². The molecule has 0 bridgehead atoms. The molecule has 1 unspecified atom stereocenters. The van der Waals surface area contributed by atoms with Gasteiger partial charge < -0.3 is 0 Å². The van der Waals surface area contributed by atoms with Gasteiger partial charge in [-0.05, 0) is 34.2 Å². The third kappa shape index (κ3) is 3.34. The predicted molar refractivity (Wildman–Crippen MR) is 84.2 cm³/mol. The van der Waals surface area contributed by atoms with Crippen molar-refractivity contribution in [2.75, 3.05) is 0 Å². The van der Waals surface area contributed by atoms with Crippen molar-refractivity contribution in [2.45, 2.75) is 31.6 Å². The Labute approximate surface area is 129 Å². The van der Waals surface area contributed by atoms with Crippen LogP contribution in [0.1, 0.15) is 42.8 Å². The average molecular weight is 311 g/mol. The van der Waals surface area contributed by atoms with E-state index in [1.165, 1.54) is 17.7 Å². The Morgan fingerprint density at radius 3 is 2.10 bits per heavy atom. The van der Waals surface area contributed by atoms with Gasteiger partial charge in [0.1, 0.15) is 5.82 Å². The van der Waals surface area contributed by atoms with Crippen molar-refractivity contribution in [2.24, 2.45) is 0 Å². The first-order valence-electron chi connectivity index (χ1n) is 6.48. The lowest BCUT2D eigenvalue weighted by molar-refractivity contribution is 0.590. The van der Waals surface area contributed by atoms with Crippen molar-refractivity contribution < 1.29 is 4.39 Å². The van der Waals surface area contributed by atoms with E-state index in [1.807, 2.05) is 12.1 Å². The lowest BCUT2D eigenvalue weighted by atomic mass is 9.86. The predicted octanol–water partition coefficient (Wildman–Crippen LogP) is 6.10. The van der Waals surface area contributed by atoms with Crippen LogP contribution >= 0.6 is 23.2 Å². The molecule has 3 heteroatoms. The zero-order chi connectivity index (χ0) is 14.9. The molecule has 0 nitrogen and oxygen atoms in total. The van der Waals surface area contributed by atoms with Crippen LogP contribution in [0.2, 0.25) is 5.02 Å². The summed E-state index contributed by atoms with van der Waals surface area (Å²) in [6.07, 6.45) is 0. The Hall–Kier alpha value is -1.05. The van der Waals surface area contributed by atoms with E-state index in [0.29, 0.717) is 5.02 Å². The van der Waals surface area contributed by atoms with E-state index in [1.54, 1.807) is 6.07 Å². The molecular formula is C17H17Cl2F. The van der Waals surface area contributed by atoms with E-state index in [9.17, 15) is 4.39 Å². The van der Waals surface area contributed by atoms with Crippen LogP contribution in [0.4, 0.5) is 4.39 Å². The van der Waals surface area contributed by atoms with Gasteiger partial charge in [-0.2, -0.15) is 0 Å². The molecule has 106 valence electrons. The zero-order valence-electron chi connectivity index (χ0n) is 11.8. The van der Waals surface area contributed by atoms with Gasteiger partial charge >= 0.3 is 0 Å². The first-order valence-corrected chi connectivity index (χ1v) is 7.30. The zero-order valence-corrected chi connectivity index (χ0v) is 13.3. The normalized spacial score (nSPS) is 13.3. The van der Waals surface area contributed by atoms with Crippen LogP contribution in [0.15, 0.2) is 42.5 Å². The monoisotopic (exact) mass is 310 g/mol. The Balaban J connectivity index is 2.31. The van der Waals surface area contributed by atoms with Crippen molar-refractivity contribution >= 4 is 23.2 Å². The molecular weight excluding hydrogens is 294 g/mol. The van der Waals surface area contributed by atoms with E-state index >= 15 is 0 Å². The lowest BCUT2D eigenvalue weighted by Gasteiger charge is -2.20. The molecule has 0 fully saturated rings. The van der Waals surface area contributed by atoms with Crippen molar-refractivity contribution in [3.05, 3.63) is 70.0 Å². The molecule has 1 atom stereocenters. The second kappa shape index (κ2) is 5.75. The highest BCUT2D eigenvalue weighted by Gasteiger charge is 2.17. The third-order valence-electron chi connectivity index (χ3n) is 3.30. The number of hydrogen-bond donors (Lipinski definition) is 0. The summed E-state index contributed by atoms with van der Waals surface area (Å²) in [4.78, 5) is 0. The first kappa shape index (κ1) is 15.3. The van der Waals surface area contributed by atoms with Crippen molar-refractivity contribution in [3.63, 3.8) is 0 Å². The molecule has 0 aliphatic rings. The average Bonchev–Trinajstić information content (AvgIpc) is 2.37. The molecule has 0 spiro atoms. The number of rotatable bonds is 2. The number of benzene rings is 2. The fourth-order valence-electron chi connectivity index (χ4n) is 2.04. The molecule has 2 rings (SSSR count). The number of alkyl halides is 1. The van der Waals surface area contributed by atoms with Crippen LogP contribution in [0, 0.1) is 5.82 Å². The summed E-state index contributed by atoms with van der Waals surface area (Å²) in [7, 11) is 0. The van der Waals surface area contributed by atoms with Gasteiger partial charge in [-0.3, -0.25) is 0 Å². The maximum Gasteiger partial charge on any atom is 0.124 e. The minimum atomic E-state index is -0.378. The molecule has 0 saturated heterocycles. The van der Waals surface area contributed by atoms with E-state index < -0.39 is 0 Å². The summed E-state index contributed by atoms with van der Waals surface area (Å²) in [5.74, 6) is -0.356. The van der Waals surface area contributed by atoms with Crippen LogP contribution in [-0.2, 0) is 5.41 Å². The SMILES string of the molecule is CC(C)(C)c1ccc(C(Cl)c2ccc(F)cc2Cl)cc1. The van der Waals surface area contributed by atoms with Crippen molar-refractivity contribution in [3.8, 4) is 0 Å².